The van der Waals surface area contributed by atoms with E-state index in [1.54, 1.807) is 0 Å². The number of Topliss-reactive ketones (excluding diaryl/α,β-unsaturated/α-hetero) is 3. The van der Waals surface area contributed by atoms with Crippen LogP contribution in [0, 0.1) is 0 Å². The van der Waals surface area contributed by atoms with Gasteiger partial charge in [0.2, 0.25) is 0 Å². The number of carbonyl (C=O) groups excluding carboxylic acids is 3. The molecule has 4 aliphatic heterocycles. The average molecular weight is 759 g/mol. The van der Waals surface area contributed by atoms with Crippen LogP contribution in [0.15, 0.2) is 182 Å². The fourth-order valence-corrected chi connectivity index (χ4v) is 10.3. The summed E-state index contributed by atoms with van der Waals surface area (Å²) in [5.74, 6) is -0.308. The predicted octanol–water partition coefficient (Wildman–Crippen LogP) is 9.61. The zero-order valence-electron chi connectivity index (χ0n) is 31.9. The highest BCUT2D eigenvalue weighted by Crippen LogP contribution is 2.55. The largest absolute Gasteiger partial charge is 0.385 e. The molecule has 1 N–H and O–H groups in total. The van der Waals surface area contributed by atoms with Gasteiger partial charge in [-0.2, -0.15) is 0 Å². The molecule has 0 bridgehead atoms. The molecule has 1 unspecified atom stereocenters. The lowest BCUT2D eigenvalue weighted by atomic mass is 9.74. The van der Waals surface area contributed by atoms with Crippen molar-refractivity contribution < 1.29 is 19.5 Å². The number of rotatable bonds is 9. The summed E-state index contributed by atoms with van der Waals surface area (Å²) in [6.07, 6.45) is 3.78. The molecule has 0 aromatic heterocycles. The van der Waals surface area contributed by atoms with Crippen molar-refractivity contribution in [3.05, 3.63) is 215 Å². The van der Waals surface area contributed by atoms with Crippen molar-refractivity contribution in [2.45, 2.75) is 54.9 Å². The number of nitrogens with zero attached hydrogens (tertiary/aromatic N) is 2. The van der Waals surface area contributed by atoms with E-state index in [1.165, 1.54) is 0 Å². The van der Waals surface area contributed by atoms with Crippen molar-refractivity contribution in [2.75, 3.05) is 9.80 Å². The molecule has 0 radical (unpaired) electrons. The molecule has 0 aliphatic carbocycles. The lowest BCUT2D eigenvalue weighted by Crippen LogP contribution is -2.57. The number of aliphatic hydroxyl groups excluding tert-OH is 1. The number of ketones is 3. The molecule has 284 valence electrons. The average Bonchev–Trinajstić information content (AvgIpc) is 3.71. The summed E-state index contributed by atoms with van der Waals surface area (Å²) in [6.45, 7) is 0. The van der Waals surface area contributed by atoms with Gasteiger partial charge in [-0.25, -0.2) is 0 Å². The quantitative estimate of drug-likeness (QED) is 0.158. The third-order valence-corrected chi connectivity index (χ3v) is 12.9. The van der Waals surface area contributed by atoms with Crippen LogP contribution in [0.1, 0.15) is 68.7 Å². The van der Waals surface area contributed by atoms with E-state index in [4.69, 9.17) is 0 Å². The van der Waals surface area contributed by atoms with E-state index in [0.29, 0.717) is 24.0 Å². The van der Waals surface area contributed by atoms with Gasteiger partial charge >= 0.3 is 0 Å². The summed E-state index contributed by atoms with van der Waals surface area (Å²) in [5, 5.41) is 12.4. The summed E-state index contributed by atoms with van der Waals surface area (Å²) < 4.78 is 0. The van der Waals surface area contributed by atoms with E-state index in [2.05, 4.69) is 34.1 Å². The van der Waals surface area contributed by atoms with Crippen LogP contribution in [0.3, 0.4) is 0 Å². The highest BCUT2D eigenvalue weighted by atomic mass is 16.3. The van der Waals surface area contributed by atoms with Gasteiger partial charge in [0.25, 0.3) is 0 Å². The molecule has 10 rings (SSSR count). The molecule has 5 atom stereocenters. The molecule has 4 aliphatic rings. The molecular weight excluding hydrogens is 717 g/mol. The SMILES string of the molecule is O=C(C[C@@H]1C(c2ccccc2)=CC[C@@]2(c3ccccc3)C(=O)c3ccccc3N12)C(O)C[C@@H]1C(c2ccccc2)=CC[C@@]2(c3ccccc3)C(=O)c3ccccc3N12. The summed E-state index contributed by atoms with van der Waals surface area (Å²) in [5.41, 5.74) is 6.34. The predicted molar refractivity (Wildman–Crippen MR) is 229 cm³/mol. The third kappa shape index (κ3) is 5.32. The smallest absolute Gasteiger partial charge is 0.195 e. The molecule has 0 fully saturated rings. The van der Waals surface area contributed by atoms with E-state index >= 15 is 0 Å². The Morgan fingerprint density at radius 2 is 0.914 bits per heavy atom. The fourth-order valence-electron chi connectivity index (χ4n) is 10.3. The maximum Gasteiger partial charge on any atom is 0.195 e. The maximum atomic E-state index is 15.0. The van der Waals surface area contributed by atoms with Gasteiger partial charge in [-0.15, -0.1) is 0 Å². The van der Waals surface area contributed by atoms with Crippen molar-refractivity contribution in [1.29, 1.82) is 0 Å². The first-order valence-electron chi connectivity index (χ1n) is 20.1. The van der Waals surface area contributed by atoms with Crippen molar-refractivity contribution >= 4 is 39.9 Å². The second-order valence-electron chi connectivity index (χ2n) is 15.8. The van der Waals surface area contributed by atoms with Crippen molar-refractivity contribution in [2.24, 2.45) is 0 Å². The van der Waals surface area contributed by atoms with Gasteiger partial charge in [0.15, 0.2) is 17.3 Å². The van der Waals surface area contributed by atoms with Crippen molar-refractivity contribution in [3.8, 4) is 0 Å². The van der Waals surface area contributed by atoms with E-state index in [0.717, 1.165) is 44.8 Å². The first-order valence-corrected chi connectivity index (χ1v) is 20.1. The normalized spacial score (nSPS) is 23.6. The molecule has 6 nitrogen and oxygen atoms in total. The zero-order chi connectivity index (χ0) is 39.4. The van der Waals surface area contributed by atoms with Crippen LogP contribution in [0.2, 0.25) is 0 Å². The standard InChI is InChI=1S/C52H42N2O4/c55-47(33-45-39(35-17-5-1-6-18-35)29-31-51(37-21-9-3-10-22-37)49(57)41-25-13-15-27-43(41)53(45)51)48(56)34-46-40(36-19-7-2-8-20-36)30-32-52(38-23-11-4-12-24-38)50(58)42-26-14-16-28-44(42)54(46)52/h1-30,45-47,55H,31-34H2/t45-,46-,47?,51-,52-/m1/s1. The first kappa shape index (κ1) is 35.8. The second kappa shape index (κ2) is 14.1. The molecule has 6 heteroatoms. The Balaban J connectivity index is 1.07. The molecule has 0 saturated carbocycles. The van der Waals surface area contributed by atoms with Crippen LogP contribution >= 0.6 is 0 Å². The number of para-hydroxylation sites is 2. The molecule has 6 aromatic carbocycles. The Hall–Kier alpha value is -6.63. The number of anilines is 2. The minimum atomic E-state index is -1.38. The number of carbonyl (C=O) groups is 3. The van der Waals surface area contributed by atoms with Gasteiger partial charge in [0.1, 0.15) is 17.2 Å². The third-order valence-electron chi connectivity index (χ3n) is 12.9. The van der Waals surface area contributed by atoms with Gasteiger partial charge in [-0.1, -0.05) is 158 Å². The van der Waals surface area contributed by atoms with Gasteiger partial charge in [0.05, 0.1) is 12.1 Å². The Labute approximate surface area is 338 Å². The minimum Gasteiger partial charge on any atom is -0.385 e. The summed E-state index contributed by atoms with van der Waals surface area (Å²) in [4.78, 5) is 48.8. The molecule has 58 heavy (non-hydrogen) atoms. The lowest BCUT2D eigenvalue weighted by Gasteiger charge is -2.49. The number of hydrogen-bond donors (Lipinski definition) is 1. The summed E-state index contributed by atoms with van der Waals surface area (Å²) in [7, 11) is 0. The molecule has 0 amide bonds. The lowest BCUT2D eigenvalue weighted by molar-refractivity contribution is -0.127. The molecule has 6 aromatic rings. The Kier molecular flexibility index (Phi) is 8.68. The summed E-state index contributed by atoms with van der Waals surface area (Å²) >= 11 is 0. The Morgan fingerprint density at radius 1 is 0.534 bits per heavy atom. The zero-order valence-corrected chi connectivity index (χ0v) is 31.9. The van der Waals surface area contributed by atoms with E-state index in [-0.39, 0.29) is 30.2 Å². The number of hydrogen-bond acceptors (Lipinski definition) is 6. The molecule has 4 heterocycles. The van der Waals surface area contributed by atoms with Crippen molar-refractivity contribution in [3.63, 3.8) is 0 Å². The Morgan fingerprint density at radius 3 is 1.38 bits per heavy atom. The number of benzene rings is 6. The highest BCUT2D eigenvalue weighted by Gasteiger charge is 2.58. The van der Waals surface area contributed by atoms with Gasteiger partial charge in [-0.05, 0) is 57.7 Å². The molecule has 0 spiro atoms. The van der Waals surface area contributed by atoms with Crippen LogP contribution in [0.5, 0.6) is 0 Å². The maximum absolute atomic E-state index is 15.0. The van der Waals surface area contributed by atoms with Crippen LogP contribution in [0.4, 0.5) is 11.4 Å². The fraction of sp³-hybridized carbons (Fsp3) is 0.173. The topological polar surface area (TPSA) is 77.9 Å². The van der Waals surface area contributed by atoms with Gasteiger partial charge in [0, 0.05) is 48.2 Å². The molecule has 0 saturated heterocycles. The van der Waals surface area contributed by atoms with Crippen LogP contribution in [-0.2, 0) is 15.9 Å². The second-order valence-corrected chi connectivity index (χ2v) is 15.8. The van der Waals surface area contributed by atoms with E-state index in [9.17, 15) is 19.5 Å². The van der Waals surface area contributed by atoms with Crippen LogP contribution in [-0.4, -0.2) is 40.6 Å². The Bertz CT molecular complexity index is 2620. The number of fused-ring (bicyclic) bond motifs is 6. The highest BCUT2D eigenvalue weighted by molar-refractivity contribution is 6.17. The molecular formula is C52H42N2O4. The number of aliphatic hydroxyl groups is 1. The monoisotopic (exact) mass is 758 g/mol. The van der Waals surface area contributed by atoms with Gasteiger partial charge in [-0.3, -0.25) is 14.4 Å². The van der Waals surface area contributed by atoms with Crippen LogP contribution < -0.4 is 9.80 Å². The minimum absolute atomic E-state index is 0.00474. The first-order chi connectivity index (χ1) is 28.4. The van der Waals surface area contributed by atoms with E-state index in [1.807, 2.05) is 158 Å². The van der Waals surface area contributed by atoms with Crippen molar-refractivity contribution in [1.82, 2.24) is 0 Å². The van der Waals surface area contributed by atoms with Crippen LogP contribution in [0.25, 0.3) is 11.1 Å². The van der Waals surface area contributed by atoms with E-state index < -0.39 is 29.3 Å². The summed E-state index contributed by atoms with van der Waals surface area (Å²) in [6, 6.07) is 54.2. The van der Waals surface area contributed by atoms with Gasteiger partial charge < -0.3 is 14.9 Å².